The Morgan fingerprint density at radius 1 is 1.50 bits per heavy atom. The number of hydrogen-bond donors (Lipinski definition) is 1. The smallest absolute Gasteiger partial charge is 0.183 e. The summed E-state index contributed by atoms with van der Waals surface area (Å²) in [5, 5.41) is 6.19. The maximum absolute atomic E-state index is 5.31. The Labute approximate surface area is 86.8 Å². The Kier molecular flexibility index (Phi) is 2.54. The molecule has 2 aromatic heterocycles. The molecular weight excluding hydrogens is 196 g/mol. The Morgan fingerprint density at radius 3 is 2.93 bits per heavy atom. The highest BCUT2D eigenvalue weighted by Gasteiger charge is 2.02. The van der Waals surface area contributed by atoms with Crippen LogP contribution < -0.4 is 5.32 Å². The summed E-state index contributed by atoms with van der Waals surface area (Å²) in [6.45, 7) is 4.72. The van der Waals surface area contributed by atoms with Gasteiger partial charge in [0, 0.05) is 5.38 Å². The second-order valence-electron chi connectivity index (χ2n) is 3.17. The summed E-state index contributed by atoms with van der Waals surface area (Å²) >= 11 is 1.61. The summed E-state index contributed by atoms with van der Waals surface area (Å²) in [7, 11) is 0. The zero-order valence-corrected chi connectivity index (χ0v) is 9.02. The van der Waals surface area contributed by atoms with Crippen LogP contribution in [0.1, 0.15) is 17.0 Å². The normalized spacial score (nSPS) is 10.4. The molecule has 2 aromatic rings. The van der Waals surface area contributed by atoms with Crippen molar-refractivity contribution in [3.8, 4) is 0 Å². The summed E-state index contributed by atoms with van der Waals surface area (Å²) in [5.41, 5.74) is 2.22. The molecular formula is C10H12N2OS. The first-order valence-electron chi connectivity index (χ1n) is 4.44. The molecule has 14 heavy (non-hydrogen) atoms. The van der Waals surface area contributed by atoms with Gasteiger partial charge in [-0.1, -0.05) is 0 Å². The molecule has 0 amide bonds. The highest BCUT2D eigenvalue weighted by Crippen LogP contribution is 2.16. The number of rotatable bonds is 3. The highest BCUT2D eigenvalue weighted by molar-refractivity contribution is 7.13. The zero-order chi connectivity index (χ0) is 9.97. The molecule has 0 aromatic carbocycles. The van der Waals surface area contributed by atoms with Crippen molar-refractivity contribution in [2.24, 2.45) is 0 Å². The van der Waals surface area contributed by atoms with Crippen LogP contribution in [-0.2, 0) is 6.54 Å². The minimum absolute atomic E-state index is 0.700. The second kappa shape index (κ2) is 3.84. The number of hydrogen-bond acceptors (Lipinski definition) is 4. The summed E-state index contributed by atoms with van der Waals surface area (Å²) in [5.74, 6) is 0.970. The Bertz CT molecular complexity index is 419. The Balaban J connectivity index is 1.98. The average molecular weight is 208 g/mol. The minimum atomic E-state index is 0.700. The predicted octanol–water partition coefficient (Wildman–Crippen LogP) is 2.97. The molecule has 0 bridgehead atoms. The molecule has 0 unspecified atom stereocenters. The van der Waals surface area contributed by atoms with E-state index in [1.54, 1.807) is 17.6 Å². The van der Waals surface area contributed by atoms with Crippen LogP contribution in [0.4, 0.5) is 5.13 Å². The molecule has 0 saturated heterocycles. The fourth-order valence-electron chi connectivity index (χ4n) is 1.18. The molecule has 0 aliphatic carbocycles. The monoisotopic (exact) mass is 208 g/mol. The largest absolute Gasteiger partial charge is 0.467 e. The van der Waals surface area contributed by atoms with Crippen LogP contribution >= 0.6 is 11.3 Å². The highest BCUT2D eigenvalue weighted by atomic mass is 32.1. The number of aromatic nitrogens is 1. The molecule has 2 rings (SSSR count). The lowest BCUT2D eigenvalue weighted by molar-refractivity contribution is 0.515. The molecule has 0 atom stereocenters. The van der Waals surface area contributed by atoms with Gasteiger partial charge in [-0.05, 0) is 25.5 Å². The minimum Gasteiger partial charge on any atom is -0.467 e. The van der Waals surface area contributed by atoms with Crippen LogP contribution in [0.2, 0.25) is 0 Å². The van der Waals surface area contributed by atoms with Crippen molar-refractivity contribution >= 4 is 16.5 Å². The van der Waals surface area contributed by atoms with Crippen LogP contribution in [0.25, 0.3) is 0 Å². The third kappa shape index (κ3) is 1.96. The van der Waals surface area contributed by atoms with Crippen molar-refractivity contribution in [3.63, 3.8) is 0 Å². The molecule has 4 heteroatoms. The molecule has 3 nitrogen and oxygen atoms in total. The number of aryl methyl sites for hydroxylation is 2. The zero-order valence-electron chi connectivity index (χ0n) is 8.20. The second-order valence-corrected chi connectivity index (χ2v) is 4.03. The van der Waals surface area contributed by atoms with Gasteiger partial charge < -0.3 is 9.73 Å². The average Bonchev–Trinajstić information content (AvgIpc) is 2.72. The summed E-state index contributed by atoms with van der Waals surface area (Å²) in [6.07, 6.45) is 1.71. The molecule has 74 valence electrons. The summed E-state index contributed by atoms with van der Waals surface area (Å²) < 4.78 is 5.31. The van der Waals surface area contributed by atoms with Crippen molar-refractivity contribution in [2.45, 2.75) is 20.4 Å². The van der Waals surface area contributed by atoms with Gasteiger partial charge in [0.05, 0.1) is 18.5 Å². The van der Waals surface area contributed by atoms with Crippen LogP contribution in [0.3, 0.4) is 0 Å². The Morgan fingerprint density at radius 2 is 2.36 bits per heavy atom. The maximum Gasteiger partial charge on any atom is 0.183 e. The van der Waals surface area contributed by atoms with Crippen LogP contribution in [-0.4, -0.2) is 4.98 Å². The third-order valence-corrected chi connectivity index (χ3v) is 2.91. The number of thiazole rings is 1. The fraction of sp³-hybridized carbons (Fsp3) is 0.300. The molecule has 2 heterocycles. The lowest BCUT2D eigenvalue weighted by atomic mass is 10.3. The molecule has 0 saturated carbocycles. The first-order valence-corrected chi connectivity index (χ1v) is 5.32. The number of furan rings is 1. The van der Waals surface area contributed by atoms with Crippen LogP contribution in [0, 0.1) is 13.8 Å². The van der Waals surface area contributed by atoms with Gasteiger partial charge in [-0.3, -0.25) is 0 Å². The summed E-state index contributed by atoms with van der Waals surface area (Å²) in [6, 6.07) is 1.96. The van der Waals surface area contributed by atoms with Gasteiger partial charge in [-0.15, -0.1) is 11.3 Å². The number of nitrogens with one attached hydrogen (secondary N) is 1. The maximum atomic E-state index is 5.31. The topological polar surface area (TPSA) is 38.1 Å². The van der Waals surface area contributed by atoms with Gasteiger partial charge in [0.2, 0.25) is 0 Å². The molecule has 0 aliphatic heterocycles. The van der Waals surface area contributed by atoms with E-state index in [0.717, 1.165) is 16.6 Å². The molecule has 0 spiro atoms. The van der Waals surface area contributed by atoms with Crippen molar-refractivity contribution < 1.29 is 4.42 Å². The number of nitrogens with zero attached hydrogens (tertiary/aromatic N) is 1. The van der Waals surface area contributed by atoms with E-state index < -0.39 is 0 Å². The fourth-order valence-corrected chi connectivity index (χ4v) is 1.86. The van der Waals surface area contributed by atoms with Gasteiger partial charge in [0.1, 0.15) is 5.76 Å². The molecule has 0 radical (unpaired) electrons. The van der Waals surface area contributed by atoms with Gasteiger partial charge in [0.25, 0.3) is 0 Å². The molecule has 0 fully saturated rings. The summed E-state index contributed by atoms with van der Waals surface area (Å²) in [4.78, 5) is 4.31. The Hall–Kier alpha value is -1.29. The van der Waals surface area contributed by atoms with Crippen molar-refractivity contribution in [3.05, 3.63) is 34.7 Å². The van der Waals surface area contributed by atoms with E-state index in [4.69, 9.17) is 4.42 Å². The first kappa shape index (κ1) is 9.27. The van der Waals surface area contributed by atoms with Crippen molar-refractivity contribution in [1.82, 2.24) is 4.98 Å². The van der Waals surface area contributed by atoms with E-state index in [2.05, 4.69) is 10.3 Å². The van der Waals surface area contributed by atoms with Gasteiger partial charge in [0.15, 0.2) is 5.13 Å². The van der Waals surface area contributed by atoms with Crippen molar-refractivity contribution in [2.75, 3.05) is 5.32 Å². The first-order chi connectivity index (χ1) is 6.75. The van der Waals surface area contributed by atoms with E-state index in [-0.39, 0.29) is 0 Å². The van der Waals surface area contributed by atoms with E-state index in [9.17, 15) is 0 Å². The number of anilines is 1. The van der Waals surface area contributed by atoms with E-state index in [1.165, 1.54) is 5.56 Å². The molecule has 0 aliphatic rings. The van der Waals surface area contributed by atoms with Gasteiger partial charge in [-0.25, -0.2) is 4.98 Å². The lowest BCUT2D eigenvalue weighted by Gasteiger charge is -1.99. The predicted molar refractivity (Wildman–Crippen MR) is 57.6 cm³/mol. The third-order valence-electron chi connectivity index (χ3n) is 1.99. The van der Waals surface area contributed by atoms with E-state index in [1.807, 2.05) is 25.3 Å². The lowest BCUT2D eigenvalue weighted by Crippen LogP contribution is -1.98. The standard InChI is InChI=1S/C10H12N2OS/c1-7-3-4-13-9(7)5-11-10-12-8(2)6-14-10/h3-4,6H,5H2,1-2H3,(H,11,12). The van der Waals surface area contributed by atoms with Crippen molar-refractivity contribution in [1.29, 1.82) is 0 Å². The van der Waals surface area contributed by atoms with Crippen LogP contribution in [0.15, 0.2) is 22.1 Å². The van der Waals surface area contributed by atoms with Gasteiger partial charge >= 0.3 is 0 Å². The quantitative estimate of drug-likeness (QED) is 0.842. The van der Waals surface area contributed by atoms with E-state index >= 15 is 0 Å². The molecule has 1 N–H and O–H groups in total. The van der Waals surface area contributed by atoms with Crippen LogP contribution in [0.5, 0.6) is 0 Å². The SMILES string of the molecule is Cc1csc(NCc2occc2C)n1. The van der Waals surface area contributed by atoms with Gasteiger partial charge in [-0.2, -0.15) is 0 Å². The van der Waals surface area contributed by atoms with E-state index in [0.29, 0.717) is 6.54 Å².